The molecule has 4 rings (SSSR count). The Bertz CT molecular complexity index is 931. The number of hydrogen-bond acceptors (Lipinski definition) is 9. The molecule has 3 aromatic rings. The van der Waals surface area contributed by atoms with Gasteiger partial charge in [-0.15, -0.1) is 4.37 Å². The first-order valence-electron chi connectivity index (χ1n) is 10.0. The van der Waals surface area contributed by atoms with Crippen LogP contribution < -0.4 is 9.64 Å². The maximum Gasteiger partial charge on any atom is 0.329 e. The van der Waals surface area contributed by atoms with Gasteiger partial charge in [0.05, 0.1) is 0 Å². The van der Waals surface area contributed by atoms with E-state index < -0.39 is 0 Å². The van der Waals surface area contributed by atoms with E-state index in [9.17, 15) is 0 Å². The Morgan fingerprint density at radius 2 is 1.97 bits per heavy atom. The lowest BCUT2D eigenvalue weighted by atomic mass is 9.92. The molecule has 1 unspecified atom stereocenters. The first-order valence-corrected chi connectivity index (χ1v) is 10.8. The second-order valence-electron chi connectivity index (χ2n) is 7.81. The number of rotatable bonds is 6. The van der Waals surface area contributed by atoms with Crippen molar-refractivity contribution in [3.05, 3.63) is 29.8 Å². The SMILES string of the molecule is Cc1ccc(-c2nc(OC(C)C3CCN(c4nc(C(C)C)no4)CC3)ns2)cn1. The minimum absolute atomic E-state index is 0.0460. The molecule has 0 N–H and O–H groups in total. The van der Waals surface area contributed by atoms with Crippen LogP contribution in [0, 0.1) is 12.8 Å². The third-order valence-corrected chi connectivity index (χ3v) is 6.03. The Morgan fingerprint density at radius 3 is 2.62 bits per heavy atom. The van der Waals surface area contributed by atoms with Crippen molar-refractivity contribution in [2.24, 2.45) is 5.92 Å². The number of anilines is 1. The van der Waals surface area contributed by atoms with Crippen LogP contribution in [0.15, 0.2) is 22.9 Å². The molecule has 1 saturated heterocycles. The van der Waals surface area contributed by atoms with Gasteiger partial charge in [0, 0.05) is 36.5 Å². The molecule has 0 amide bonds. The van der Waals surface area contributed by atoms with Crippen LogP contribution >= 0.6 is 11.5 Å². The summed E-state index contributed by atoms with van der Waals surface area (Å²) in [6, 6.07) is 5.05. The number of hydrogen-bond donors (Lipinski definition) is 0. The Balaban J connectivity index is 1.32. The molecule has 0 bridgehead atoms. The summed E-state index contributed by atoms with van der Waals surface area (Å²) in [7, 11) is 0. The van der Waals surface area contributed by atoms with E-state index >= 15 is 0 Å². The highest BCUT2D eigenvalue weighted by Crippen LogP contribution is 2.29. The minimum atomic E-state index is 0.0460. The van der Waals surface area contributed by atoms with Crippen molar-refractivity contribution in [1.82, 2.24) is 24.5 Å². The maximum atomic E-state index is 6.05. The van der Waals surface area contributed by atoms with Crippen molar-refractivity contribution < 1.29 is 9.26 Å². The molecule has 1 fully saturated rings. The quantitative estimate of drug-likeness (QED) is 0.595. The van der Waals surface area contributed by atoms with E-state index in [2.05, 4.69) is 50.2 Å². The average molecular weight is 415 g/mol. The van der Waals surface area contributed by atoms with Crippen molar-refractivity contribution in [2.75, 3.05) is 18.0 Å². The van der Waals surface area contributed by atoms with Crippen LogP contribution in [0.3, 0.4) is 0 Å². The highest BCUT2D eigenvalue weighted by Gasteiger charge is 2.28. The summed E-state index contributed by atoms with van der Waals surface area (Å²) in [6.07, 6.45) is 3.87. The minimum Gasteiger partial charge on any atom is -0.460 e. The predicted molar refractivity (Wildman–Crippen MR) is 111 cm³/mol. The number of pyridine rings is 1. The molecule has 0 saturated carbocycles. The number of aryl methyl sites for hydroxylation is 1. The van der Waals surface area contributed by atoms with Gasteiger partial charge >= 0.3 is 12.0 Å². The molecule has 1 aliphatic heterocycles. The second-order valence-corrected chi connectivity index (χ2v) is 8.56. The first kappa shape index (κ1) is 19.8. The Morgan fingerprint density at radius 1 is 1.17 bits per heavy atom. The third kappa shape index (κ3) is 4.55. The zero-order valence-electron chi connectivity index (χ0n) is 17.2. The van der Waals surface area contributed by atoms with E-state index in [0.717, 1.165) is 48.0 Å². The van der Waals surface area contributed by atoms with Gasteiger partial charge in [0.25, 0.3) is 0 Å². The second kappa shape index (κ2) is 8.44. The average Bonchev–Trinajstić information content (AvgIpc) is 3.39. The van der Waals surface area contributed by atoms with Gasteiger partial charge in [-0.25, -0.2) is 0 Å². The normalized spacial score (nSPS) is 16.4. The number of nitrogens with zero attached hydrogens (tertiary/aromatic N) is 6. The summed E-state index contributed by atoms with van der Waals surface area (Å²) >= 11 is 1.34. The third-order valence-electron chi connectivity index (χ3n) is 5.28. The van der Waals surface area contributed by atoms with Crippen LogP contribution in [0.25, 0.3) is 10.6 Å². The van der Waals surface area contributed by atoms with E-state index in [4.69, 9.17) is 9.26 Å². The van der Waals surface area contributed by atoms with Crippen molar-refractivity contribution in [1.29, 1.82) is 0 Å². The van der Waals surface area contributed by atoms with Gasteiger partial charge in [0.15, 0.2) is 5.82 Å². The maximum absolute atomic E-state index is 6.05. The summed E-state index contributed by atoms with van der Waals surface area (Å²) < 4.78 is 15.8. The summed E-state index contributed by atoms with van der Waals surface area (Å²) in [4.78, 5) is 15.5. The molecule has 1 atom stereocenters. The highest BCUT2D eigenvalue weighted by molar-refractivity contribution is 7.09. The lowest BCUT2D eigenvalue weighted by molar-refractivity contribution is 0.122. The molecular weight excluding hydrogens is 388 g/mol. The van der Waals surface area contributed by atoms with Gasteiger partial charge in [0.2, 0.25) is 0 Å². The molecule has 1 aliphatic rings. The van der Waals surface area contributed by atoms with Crippen LogP contribution in [-0.4, -0.2) is 43.7 Å². The fourth-order valence-corrected chi connectivity index (χ4v) is 3.97. The lowest BCUT2D eigenvalue weighted by Gasteiger charge is -2.33. The zero-order chi connectivity index (χ0) is 20.4. The molecule has 154 valence electrons. The van der Waals surface area contributed by atoms with Gasteiger partial charge in [-0.3, -0.25) is 4.98 Å². The molecule has 0 aliphatic carbocycles. The van der Waals surface area contributed by atoms with Gasteiger partial charge in [-0.1, -0.05) is 19.0 Å². The fourth-order valence-electron chi connectivity index (χ4n) is 3.38. The zero-order valence-corrected chi connectivity index (χ0v) is 18.0. The molecule has 8 nitrogen and oxygen atoms in total. The van der Waals surface area contributed by atoms with Gasteiger partial charge in [0.1, 0.15) is 11.1 Å². The summed E-state index contributed by atoms with van der Waals surface area (Å²) in [5.74, 6) is 1.46. The largest absolute Gasteiger partial charge is 0.460 e. The van der Waals surface area contributed by atoms with E-state index in [1.165, 1.54) is 11.5 Å². The van der Waals surface area contributed by atoms with Crippen LogP contribution in [0.4, 0.5) is 6.01 Å². The van der Waals surface area contributed by atoms with Gasteiger partial charge in [-0.05, 0) is 56.3 Å². The number of aromatic nitrogens is 5. The Labute approximate surface area is 174 Å². The van der Waals surface area contributed by atoms with Crippen molar-refractivity contribution in [2.45, 2.75) is 52.6 Å². The molecule has 0 spiro atoms. The summed E-state index contributed by atoms with van der Waals surface area (Å²) in [5, 5.41) is 4.89. The van der Waals surface area contributed by atoms with Crippen molar-refractivity contribution in [3.8, 4) is 16.6 Å². The summed E-state index contributed by atoms with van der Waals surface area (Å²) in [6.45, 7) is 9.94. The standard InChI is InChI=1S/C20H26N6O2S/c1-12(2)17-22-20(28-24-17)26-9-7-15(8-10-26)14(4)27-19-23-18(29-25-19)16-6-5-13(3)21-11-16/h5-6,11-12,14-15H,7-10H2,1-4H3. The van der Waals surface area contributed by atoms with E-state index in [-0.39, 0.29) is 12.0 Å². The number of piperidine rings is 1. The number of ether oxygens (including phenoxy) is 1. The Hall–Kier alpha value is -2.55. The van der Waals surface area contributed by atoms with Crippen molar-refractivity contribution >= 4 is 17.5 Å². The van der Waals surface area contributed by atoms with Crippen LogP contribution in [0.5, 0.6) is 6.01 Å². The van der Waals surface area contributed by atoms with Gasteiger partial charge in [-0.2, -0.15) is 9.97 Å². The van der Waals surface area contributed by atoms with Crippen molar-refractivity contribution in [3.63, 3.8) is 0 Å². The molecular formula is C20H26N6O2S. The van der Waals surface area contributed by atoms with Crippen LogP contribution in [-0.2, 0) is 0 Å². The predicted octanol–water partition coefficient (Wildman–Crippen LogP) is 4.10. The van der Waals surface area contributed by atoms with Crippen LogP contribution in [0.2, 0.25) is 0 Å². The molecule has 9 heteroatoms. The van der Waals surface area contributed by atoms with E-state index in [0.29, 0.717) is 17.9 Å². The summed E-state index contributed by atoms with van der Waals surface area (Å²) in [5.41, 5.74) is 1.94. The molecule has 0 radical (unpaired) electrons. The van der Waals surface area contributed by atoms with Crippen LogP contribution in [0.1, 0.15) is 51.0 Å². The monoisotopic (exact) mass is 414 g/mol. The molecule has 4 heterocycles. The smallest absolute Gasteiger partial charge is 0.329 e. The van der Waals surface area contributed by atoms with E-state index in [1.807, 2.05) is 25.3 Å². The van der Waals surface area contributed by atoms with E-state index in [1.54, 1.807) is 0 Å². The Kier molecular flexibility index (Phi) is 5.75. The molecule has 3 aromatic heterocycles. The topological polar surface area (TPSA) is 90.1 Å². The first-order chi connectivity index (χ1) is 14.0. The fraction of sp³-hybridized carbons (Fsp3) is 0.550. The van der Waals surface area contributed by atoms with Gasteiger partial charge < -0.3 is 14.2 Å². The highest BCUT2D eigenvalue weighted by atomic mass is 32.1. The lowest BCUT2D eigenvalue weighted by Crippen LogP contribution is -2.39. The molecule has 29 heavy (non-hydrogen) atoms. The molecule has 0 aromatic carbocycles.